The second kappa shape index (κ2) is 7.23. The molecule has 2 aromatic carbocycles. The van der Waals surface area contributed by atoms with Gasteiger partial charge in [-0.3, -0.25) is 14.9 Å². The van der Waals surface area contributed by atoms with Crippen LogP contribution in [0.15, 0.2) is 52.9 Å². The van der Waals surface area contributed by atoms with E-state index in [1.54, 1.807) is 13.0 Å². The molecule has 142 valence electrons. The first kappa shape index (κ1) is 18.6. The largest absolute Gasteiger partial charge is 0.507 e. The maximum atomic E-state index is 12.3. The van der Waals surface area contributed by atoms with Gasteiger partial charge in [0.05, 0.1) is 10.5 Å². The SMILES string of the molecule is Cc1ccc(-c2ccc(C(=O)Nc3ccc(C(=O)O)c(O)c3)o2)c([N+](=O)[O-])c1. The van der Waals surface area contributed by atoms with Crippen LogP contribution in [0.1, 0.15) is 26.5 Å². The minimum Gasteiger partial charge on any atom is -0.507 e. The number of rotatable bonds is 5. The molecule has 0 radical (unpaired) electrons. The van der Waals surface area contributed by atoms with Gasteiger partial charge in [0.2, 0.25) is 0 Å². The molecule has 0 spiro atoms. The summed E-state index contributed by atoms with van der Waals surface area (Å²) in [7, 11) is 0. The molecular formula is C19H14N2O7. The number of nitro benzene ring substituents is 1. The van der Waals surface area contributed by atoms with E-state index in [9.17, 15) is 24.8 Å². The van der Waals surface area contributed by atoms with Crippen LogP contribution in [0.4, 0.5) is 11.4 Å². The number of carbonyl (C=O) groups excluding carboxylic acids is 1. The molecule has 3 rings (SSSR count). The van der Waals surface area contributed by atoms with Crippen LogP contribution in [0.3, 0.4) is 0 Å². The normalized spacial score (nSPS) is 10.5. The summed E-state index contributed by atoms with van der Waals surface area (Å²) < 4.78 is 5.45. The monoisotopic (exact) mass is 382 g/mol. The van der Waals surface area contributed by atoms with Gasteiger partial charge < -0.3 is 19.9 Å². The third-order valence-corrected chi connectivity index (χ3v) is 3.93. The van der Waals surface area contributed by atoms with Gasteiger partial charge in [-0.15, -0.1) is 0 Å². The highest BCUT2D eigenvalue weighted by Crippen LogP contribution is 2.32. The molecule has 1 heterocycles. The first-order valence-electron chi connectivity index (χ1n) is 7.99. The van der Waals surface area contributed by atoms with Crippen molar-refractivity contribution in [2.24, 2.45) is 0 Å². The summed E-state index contributed by atoms with van der Waals surface area (Å²) in [6.07, 6.45) is 0. The number of furan rings is 1. The van der Waals surface area contributed by atoms with Crippen LogP contribution in [0.2, 0.25) is 0 Å². The molecule has 0 saturated heterocycles. The molecule has 3 aromatic rings. The van der Waals surface area contributed by atoms with Crippen molar-refractivity contribution in [1.29, 1.82) is 0 Å². The number of hydrogen-bond acceptors (Lipinski definition) is 6. The summed E-state index contributed by atoms with van der Waals surface area (Å²) in [5.74, 6) is -2.41. The molecule has 0 bridgehead atoms. The van der Waals surface area contributed by atoms with E-state index in [2.05, 4.69) is 5.32 Å². The van der Waals surface area contributed by atoms with E-state index in [-0.39, 0.29) is 34.0 Å². The van der Waals surface area contributed by atoms with E-state index in [1.165, 1.54) is 30.3 Å². The van der Waals surface area contributed by atoms with E-state index >= 15 is 0 Å². The Morgan fingerprint density at radius 2 is 1.86 bits per heavy atom. The number of hydrogen-bond donors (Lipinski definition) is 3. The van der Waals surface area contributed by atoms with Crippen molar-refractivity contribution in [2.45, 2.75) is 6.92 Å². The smallest absolute Gasteiger partial charge is 0.339 e. The highest BCUT2D eigenvalue weighted by Gasteiger charge is 2.20. The molecule has 28 heavy (non-hydrogen) atoms. The Morgan fingerprint density at radius 1 is 1.11 bits per heavy atom. The topological polar surface area (TPSA) is 143 Å². The predicted octanol–water partition coefficient (Wildman–Crippen LogP) is 3.82. The Balaban J connectivity index is 1.85. The van der Waals surface area contributed by atoms with E-state index in [4.69, 9.17) is 9.52 Å². The number of carboxylic acids is 1. The summed E-state index contributed by atoms with van der Waals surface area (Å²) in [6, 6.07) is 11.0. The van der Waals surface area contributed by atoms with Crippen LogP contribution < -0.4 is 5.32 Å². The fourth-order valence-electron chi connectivity index (χ4n) is 2.59. The van der Waals surface area contributed by atoms with Crippen molar-refractivity contribution in [2.75, 3.05) is 5.32 Å². The van der Waals surface area contributed by atoms with Gasteiger partial charge in [0.25, 0.3) is 11.6 Å². The Bertz CT molecular complexity index is 1100. The van der Waals surface area contributed by atoms with Crippen molar-refractivity contribution in [1.82, 2.24) is 0 Å². The molecular weight excluding hydrogens is 368 g/mol. The summed E-state index contributed by atoms with van der Waals surface area (Å²) in [4.78, 5) is 34.0. The van der Waals surface area contributed by atoms with Gasteiger partial charge in [0, 0.05) is 17.8 Å². The summed E-state index contributed by atoms with van der Waals surface area (Å²) in [6.45, 7) is 1.73. The Morgan fingerprint density at radius 3 is 2.50 bits per heavy atom. The molecule has 9 heteroatoms. The van der Waals surface area contributed by atoms with Crippen LogP contribution in [0.5, 0.6) is 5.75 Å². The third-order valence-electron chi connectivity index (χ3n) is 3.93. The molecule has 9 nitrogen and oxygen atoms in total. The van der Waals surface area contributed by atoms with Crippen molar-refractivity contribution in [3.8, 4) is 17.1 Å². The first-order chi connectivity index (χ1) is 13.3. The van der Waals surface area contributed by atoms with Gasteiger partial charge in [-0.05, 0) is 42.8 Å². The van der Waals surface area contributed by atoms with Crippen LogP contribution >= 0.6 is 0 Å². The molecule has 0 aliphatic heterocycles. The number of anilines is 1. The van der Waals surface area contributed by atoms with Gasteiger partial charge in [-0.2, -0.15) is 0 Å². The molecule has 0 aliphatic rings. The van der Waals surface area contributed by atoms with Crippen LogP contribution in [0, 0.1) is 17.0 Å². The van der Waals surface area contributed by atoms with Crippen molar-refractivity contribution >= 4 is 23.3 Å². The lowest BCUT2D eigenvalue weighted by Crippen LogP contribution is -2.11. The Hall–Kier alpha value is -4.14. The molecule has 0 aliphatic carbocycles. The van der Waals surface area contributed by atoms with E-state index < -0.39 is 22.5 Å². The van der Waals surface area contributed by atoms with Gasteiger partial charge in [0.1, 0.15) is 17.1 Å². The molecule has 0 fully saturated rings. The maximum Gasteiger partial charge on any atom is 0.339 e. The first-order valence-corrected chi connectivity index (χ1v) is 7.99. The van der Waals surface area contributed by atoms with E-state index in [0.29, 0.717) is 5.56 Å². The highest BCUT2D eigenvalue weighted by atomic mass is 16.6. The lowest BCUT2D eigenvalue weighted by atomic mass is 10.1. The standard InChI is InChI=1S/C19H14N2O7/c1-10-2-4-12(14(8-10)21(26)27)16-6-7-17(28-16)18(23)20-11-3-5-13(19(24)25)15(22)9-11/h2-9,22H,1H3,(H,20,23)(H,24,25). The molecule has 1 amide bonds. The number of phenols is 1. The molecule has 0 saturated carbocycles. The molecule has 0 unspecified atom stereocenters. The third kappa shape index (κ3) is 3.68. The van der Waals surface area contributed by atoms with Gasteiger partial charge in [-0.25, -0.2) is 4.79 Å². The second-order valence-electron chi connectivity index (χ2n) is 5.93. The number of nitrogens with one attached hydrogen (secondary N) is 1. The number of amides is 1. The number of aromatic hydroxyl groups is 1. The lowest BCUT2D eigenvalue weighted by molar-refractivity contribution is -0.384. The average molecular weight is 382 g/mol. The minimum absolute atomic E-state index is 0.105. The average Bonchev–Trinajstić information content (AvgIpc) is 3.11. The van der Waals surface area contributed by atoms with Gasteiger partial charge >= 0.3 is 5.97 Å². The Kier molecular flexibility index (Phi) is 4.82. The molecule has 0 atom stereocenters. The van der Waals surface area contributed by atoms with E-state index in [1.807, 2.05) is 0 Å². The molecule has 1 aromatic heterocycles. The fraction of sp³-hybridized carbons (Fsp3) is 0.0526. The number of carboxylic acid groups (broad SMARTS) is 1. The number of aryl methyl sites for hydroxylation is 1. The van der Waals surface area contributed by atoms with E-state index in [0.717, 1.165) is 12.1 Å². The van der Waals surface area contributed by atoms with Gasteiger partial charge in [-0.1, -0.05) is 6.07 Å². The second-order valence-corrected chi connectivity index (χ2v) is 5.93. The summed E-state index contributed by atoms with van der Waals surface area (Å²) >= 11 is 0. The predicted molar refractivity (Wildman–Crippen MR) is 98.6 cm³/mol. The van der Waals surface area contributed by atoms with Crippen LogP contribution in [0.25, 0.3) is 11.3 Å². The number of nitro groups is 1. The van der Waals surface area contributed by atoms with Crippen LogP contribution in [-0.2, 0) is 0 Å². The van der Waals surface area contributed by atoms with Crippen molar-refractivity contribution in [3.63, 3.8) is 0 Å². The minimum atomic E-state index is -1.30. The van der Waals surface area contributed by atoms with Crippen molar-refractivity contribution in [3.05, 3.63) is 75.5 Å². The Labute approximate surface area is 158 Å². The maximum absolute atomic E-state index is 12.3. The number of carbonyl (C=O) groups is 2. The quantitative estimate of drug-likeness (QED) is 0.449. The zero-order valence-corrected chi connectivity index (χ0v) is 14.5. The number of nitrogens with zero attached hydrogens (tertiary/aromatic N) is 1. The molecule has 3 N–H and O–H groups in total. The van der Waals surface area contributed by atoms with Crippen molar-refractivity contribution < 1.29 is 29.1 Å². The zero-order chi connectivity index (χ0) is 20.4. The summed E-state index contributed by atoms with van der Waals surface area (Å²) in [5.41, 5.74) is 0.662. The van der Waals surface area contributed by atoms with Crippen LogP contribution in [-0.4, -0.2) is 27.0 Å². The highest BCUT2D eigenvalue weighted by molar-refractivity contribution is 6.03. The number of benzene rings is 2. The zero-order valence-electron chi connectivity index (χ0n) is 14.5. The number of aromatic carboxylic acids is 1. The van der Waals surface area contributed by atoms with Gasteiger partial charge in [0.15, 0.2) is 5.76 Å². The fourth-order valence-corrected chi connectivity index (χ4v) is 2.59. The lowest BCUT2D eigenvalue weighted by Gasteiger charge is -2.06. The summed E-state index contributed by atoms with van der Waals surface area (Å²) in [5, 5.41) is 32.3.